The molecule has 1 fully saturated rings. The van der Waals surface area contributed by atoms with E-state index < -0.39 is 0 Å². The van der Waals surface area contributed by atoms with E-state index >= 15 is 0 Å². The number of aliphatic hydroxyl groups excluding tert-OH is 1. The zero-order valence-corrected chi connectivity index (χ0v) is 11.3. The molecule has 1 aromatic heterocycles. The zero-order valence-electron chi connectivity index (χ0n) is 10.5. The molecule has 1 N–H and O–H groups in total. The molecule has 1 unspecified atom stereocenters. The Kier molecular flexibility index (Phi) is 4.92. The van der Waals surface area contributed by atoms with Crippen LogP contribution in [0.25, 0.3) is 0 Å². The molecular weight excluding hydrogens is 232 g/mol. The van der Waals surface area contributed by atoms with Gasteiger partial charge in [-0.25, -0.2) is 0 Å². The van der Waals surface area contributed by atoms with Gasteiger partial charge in [-0.05, 0) is 49.2 Å². The van der Waals surface area contributed by atoms with E-state index in [1.807, 2.05) is 28.8 Å². The van der Waals surface area contributed by atoms with Crippen molar-refractivity contribution >= 4 is 11.8 Å². The average molecular weight is 254 g/mol. The van der Waals surface area contributed by atoms with Gasteiger partial charge in [0.2, 0.25) is 0 Å². The summed E-state index contributed by atoms with van der Waals surface area (Å²) >= 11 is 2.04. The SMILES string of the molecule is CCn1cc(CC(O)CC2CCSCC2)cn1. The minimum absolute atomic E-state index is 0.197. The van der Waals surface area contributed by atoms with Gasteiger partial charge in [0.1, 0.15) is 0 Å². The van der Waals surface area contributed by atoms with Gasteiger partial charge in [-0.1, -0.05) is 0 Å². The average Bonchev–Trinajstić information content (AvgIpc) is 2.78. The van der Waals surface area contributed by atoms with Crippen molar-refractivity contribution in [2.75, 3.05) is 11.5 Å². The fraction of sp³-hybridized carbons (Fsp3) is 0.769. The van der Waals surface area contributed by atoms with E-state index in [0.717, 1.165) is 30.9 Å². The third-order valence-corrected chi connectivity index (χ3v) is 4.48. The van der Waals surface area contributed by atoms with Crippen LogP contribution in [0.4, 0.5) is 0 Å². The smallest absolute Gasteiger partial charge is 0.0584 e. The number of hydrogen-bond acceptors (Lipinski definition) is 3. The Labute approximate surface area is 108 Å². The van der Waals surface area contributed by atoms with Crippen LogP contribution in [0.2, 0.25) is 0 Å². The van der Waals surface area contributed by atoms with E-state index in [9.17, 15) is 5.11 Å². The molecule has 3 nitrogen and oxygen atoms in total. The van der Waals surface area contributed by atoms with E-state index in [2.05, 4.69) is 12.0 Å². The van der Waals surface area contributed by atoms with Gasteiger partial charge in [0, 0.05) is 19.2 Å². The summed E-state index contributed by atoms with van der Waals surface area (Å²) in [6.07, 6.45) is 7.98. The topological polar surface area (TPSA) is 38.0 Å². The number of rotatable bonds is 5. The first-order valence-electron chi connectivity index (χ1n) is 6.55. The Balaban J connectivity index is 1.77. The first kappa shape index (κ1) is 13.0. The number of thioether (sulfide) groups is 1. The lowest BCUT2D eigenvalue weighted by Crippen LogP contribution is -2.19. The second-order valence-corrected chi connectivity index (χ2v) is 6.08. The molecule has 0 spiro atoms. The summed E-state index contributed by atoms with van der Waals surface area (Å²) in [5.74, 6) is 3.27. The van der Waals surface area contributed by atoms with Crippen LogP contribution in [0, 0.1) is 5.92 Å². The predicted molar refractivity (Wildman–Crippen MR) is 72.3 cm³/mol. The molecule has 4 heteroatoms. The third-order valence-electron chi connectivity index (χ3n) is 3.43. The second-order valence-electron chi connectivity index (χ2n) is 4.85. The van der Waals surface area contributed by atoms with Gasteiger partial charge >= 0.3 is 0 Å². The Bertz CT molecular complexity index is 334. The van der Waals surface area contributed by atoms with E-state index in [4.69, 9.17) is 0 Å². The van der Waals surface area contributed by atoms with Crippen molar-refractivity contribution in [2.24, 2.45) is 5.92 Å². The van der Waals surface area contributed by atoms with E-state index in [1.54, 1.807) is 0 Å². The van der Waals surface area contributed by atoms with E-state index in [0.29, 0.717) is 0 Å². The highest BCUT2D eigenvalue weighted by Crippen LogP contribution is 2.26. The van der Waals surface area contributed by atoms with Gasteiger partial charge in [-0.15, -0.1) is 0 Å². The van der Waals surface area contributed by atoms with Gasteiger partial charge in [0.05, 0.1) is 12.3 Å². The summed E-state index contributed by atoms with van der Waals surface area (Å²) in [6.45, 7) is 2.98. The summed E-state index contributed by atoms with van der Waals surface area (Å²) in [7, 11) is 0. The Hall–Kier alpha value is -0.480. The van der Waals surface area contributed by atoms with Crippen molar-refractivity contribution in [3.05, 3.63) is 18.0 Å². The molecule has 1 saturated heterocycles. The molecule has 0 amide bonds. The van der Waals surface area contributed by atoms with Crippen molar-refractivity contribution in [1.82, 2.24) is 9.78 Å². The number of aromatic nitrogens is 2. The molecule has 1 aliphatic rings. The molecule has 0 radical (unpaired) electrons. The molecule has 1 aliphatic heterocycles. The molecule has 0 aliphatic carbocycles. The molecule has 1 atom stereocenters. The van der Waals surface area contributed by atoms with E-state index in [-0.39, 0.29) is 6.10 Å². The van der Waals surface area contributed by atoms with Crippen LogP contribution < -0.4 is 0 Å². The first-order chi connectivity index (χ1) is 8.28. The van der Waals surface area contributed by atoms with Gasteiger partial charge in [0.15, 0.2) is 0 Å². The second kappa shape index (κ2) is 6.45. The van der Waals surface area contributed by atoms with Crippen molar-refractivity contribution in [2.45, 2.75) is 45.3 Å². The predicted octanol–water partition coefficient (Wildman–Crippen LogP) is 2.34. The highest BCUT2D eigenvalue weighted by atomic mass is 32.2. The van der Waals surface area contributed by atoms with Gasteiger partial charge in [0.25, 0.3) is 0 Å². The maximum absolute atomic E-state index is 10.1. The normalized spacial score (nSPS) is 19.4. The molecule has 0 aromatic carbocycles. The van der Waals surface area contributed by atoms with Gasteiger partial charge in [-0.2, -0.15) is 16.9 Å². The van der Waals surface area contributed by atoms with Crippen molar-refractivity contribution < 1.29 is 5.11 Å². The number of nitrogens with zero attached hydrogens (tertiary/aromatic N) is 2. The maximum Gasteiger partial charge on any atom is 0.0584 e. The van der Waals surface area contributed by atoms with Crippen LogP contribution in [-0.4, -0.2) is 32.5 Å². The molecule has 0 saturated carbocycles. The van der Waals surface area contributed by atoms with Crippen LogP contribution >= 0.6 is 11.8 Å². The molecule has 17 heavy (non-hydrogen) atoms. The summed E-state index contributed by atoms with van der Waals surface area (Å²) in [4.78, 5) is 0. The molecule has 1 aromatic rings. The van der Waals surface area contributed by atoms with Crippen LogP contribution in [0.5, 0.6) is 0 Å². The largest absolute Gasteiger partial charge is 0.393 e. The van der Waals surface area contributed by atoms with Crippen molar-refractivity contribution in [1.29, 1.82) is 0 Å². The monoisotopic (exact) mass is 254 g/mol. The van der Waals surface area contributed by atoms with Gasteiger partial charge < -0.3 is 5.11 Å². The molecule has 96 valence electrons. The highest BCUT2D eigenvalue weighted by molar-refractivity contribution is 7.99. The minimum Gasteiger partial charge on any atom is -0.393 e. The summed E-state index contributed by atoms with van der Waals surface area (Å²) in [5, 5.41) is 14.3. The van der Waals surface area contributed by atoms with Crippen LogP contribution in [0.3, 0.4) is 0 Å². The Morgan fingerprint density at radius 1 is 1.53 bits per heavy atom. The molecule has 2 heterocycles. The minimum atomic E-state index is -0.197. The quantitative estimate of drug-likeness (QED) is 0.876. The van der Waals surface area contributed by atoms with Crippen LogP contribution in [0.1, 0.15) is 31.7 Å². The standard InChI is InChI=1S/C13H22N2OS/c1-2-15-10-12(9-14-15)8-13(16)7-11-3-5-17-6-4-11/h9-11,13,16H,2-8H2,1H3. The van der Waals surface area contributed by atoms with Crippen molar-refractivity contribution in [3.8, 4) is 0 Å². The fourth-order valence-corrected chi connectivity index (χ4v) is 3.61. The number of aryl methyl sites for hydroxylation is 1. The fourth-order valence-electron chi connectivity index (χ4n) is 2.41. The lowest BCUT2D eigenvalue weighted by Gasteiger charge is -2.23. The molecular formula is C13H22N2OS. The summed E-state index contributed by atoms with van der Waals surface area (Å²) in [5.41, 5.74) is 1.16. The molecule has 2 rings (SSSR count). The van der Waals surface area contributed by atoms with Crippen LogP contribution in [0.15, 0.2) is 12.4 Å². The van der Waals surface area contributed by atoms with Crippen LogP contribution in [-0.2, 0) is 13.0 Å². The lowest BCUT2D eigenvalue weighted by atomic mass is 9.93. The van der Waals surface area contributed by atoms with Crippen molar-refractivity contribution in [3.63, 3.8) is 0 Å². The summed E-state index contributed by atoms with van der Waals surface area (Å²) in [6, 6.07) is 0. The number of hydrogen-bond donors (Lipinski definition) is 1. The molecule has 0 bridgehead atoms. The van der Waals surface area contributed by atoms with Gasteiger partial charge in [-0.3, -0.25) is 4.68 Å². The highest BCUT2D eigenvalue weighted by Gasteiger charge is 2.18. The third kappa shape index (κ3) is 4.03. The maximum atomic E-state index is 10.1. The number of aliphatic hydroxyl groups is 1. The summed E-state index contributed by atoms with van der Waals surface area (Å²) < 4.78 is 1.92. The zero-order chi connectivity index (χ0) is 12.1. The Morgan fingerprint density at radius 2 is 2.29 bits per heavy atom. The lowest BCUT2D eigenvalue weighted by molar-refractivity contribution is 0.139. The van der Waals surface area contributed by atoms with E-state index in [1.165, 1.54) is 24.3 Å². The Morgan fingerprint density at radius 3 is 2.94 bits per heavy atom. The first-order valence-corrected chi connectivity index (χ1v) is 7.70.